The van der Waals surface area contributed by atoms with Gasteiger partial charge in [0.2, 0.25) is 10.0 Å². The fourth-order valence-corrected chi connectivity index (χ4v) is 4.28. The zero-order valence-electron chi connectivity index (χ0n) is 12.2. The van der Waals surface area contributed by atoms with E-state index in [1.54, 1.807) is 12.1 Å². The second-order valence-electron chi connectivity index (χ2n) is 5.43. The highest BCUT2D eigenvalue weighted by Gasteiger charge is 2.35. The van der Waals surface area contributed by atoms with Gasteiger partial charge in [0.15, 0.2) is 0 Å². The lowest BCUT2D eigenvalue weighted by Crippen LogP contribution is -2.33. The van der Waals surface area contributed by atoms with Crippen molar-refractivity contribution in [3.05, 3.63) is 23.8 Å². The van der Waals surface area contributed by atoms with Crippen LogP contribution in [0, 0.1) is 12.8 Å². The fraction of sp³-hybridized carbons (Fsp3) is 0.571. The third kappa shape index (κ3) is 2.82. The lowest BCUT2D eigenvalue weighted by molar-refractivity contribution is 0.395. The predicted molar refractivity (Wildman–Crippen MR) is 78.2 cm³/mol. The van der Waals surface area contributed by atoms with Crippen LogP contribution in [-0.4, -0.2) is 39.0 Å². The standard InChI is InChI=1S/C14H22N2O3S/c1-10-4-5-13(19-3)14(8-10)20(17,18)16-7-6-12(9-16)11(2)15/h4-5,8,11-12H,6-7,9,15H2,1-3H3. The van der Waals surface area contributed by atoms with Gasteiger partial charge >= 0.3 is 0 Å². The normalized spacial score (nSPS) is 21.9. The molecule has 112 valence electrons. The first kappa shape index (κ1) is 15.3. The minimum absolute atomic E-state index is 0.00889. The molecule has 1 saturated heterocycles. The van der Waals surface area contributed by atoms with Crippen molar-refractivity contribution in [1.29, 1.82) is 0 Å². The lowest BCUT2D eigenvalue weighted by atomic mass is 10.0. The maximum atomic E-state index is 12.7. The van der Waals surface area contributed by atoms with Crippen LogP contribution >= 0.6 is 0 Å². The van der Waals surface area contributed by atoms with E-state index in [2.05, 4.69) is 0 Å². The smallest absolute Gasteiger partial charge is 0.246 e. The molecule has 1 aliphatic heterocycles. The predicted octanol–water partition coefficient (Wildman–Crippen LogP) is 1.36. The van der Waals surface area contributed by atoms with E-state index in [0.29, 0.717) is 18.8 Å². The summed E-state index contributed by atoms with van der Waals surface area (Å²) in [4.78, 5) is 0.241. The molecule has 1 heterocycles. The van der Waals surface area contributed by atoms with E-state index in [4.69, 9.17) is 10.5 Å². The molecule has 2 atom stereocenters. The molecule has 0 saturated carbocycles. The van der Waals surface area contributed by atoms with E-state index >= 15 is 0 Å². The Kier molecular flexibility index (Phi) is 4.36. The molecule has 2 rings (SSSR count). The van der Waals surface area contributed by atoms with Gasteiger partial charge in [-0.05, 0) is 43.9 Å². The van der Waals surface area contributed by atoms with E-state index in [9.17, 15) is 8.42 Å². The maximum absolute atomic E-state index is 12.7. The number of benzene rings is 1. The van der Waals surface area contributed by atoms with Gasteiger partial charge in [-0.15, -0.1) is 0 Å². The largest absolute Gasteiger partial charge is 0.495 e. The summed E-state index contributed by atoms with van der Waals surface area (Å²) in [5.41, 5.74) is 6.77. The Balaban J connectivity index is 2.34. The number of ether oxygens (including phenoxy) is 1. The van der Waals surface area contributed by atoms with Crippen LogP contribution in [0.1, 0.15) is 18.9 Å². The summed E-state index contributed by atoms with van der Waals surface area (Å²) >= 11 is 0. The summed E-state index contributed by atoms with van der Waals surface area (Å²) < 4.78 is 32.2. The molecule has 2 unspecified atom stereocenters. The number of nitrogens with zero attached hydrogens (tertiary/aromatic N) is 1. The summed E-state index contributed by atoms with van der Waals surface area (Å²) in [5, 5.41) is 0. The highest BCUT2D eigenvalue weighted by Crippen LogP contribution is 2.31. The Hall–Kier alpha value is -1.11. The highest BCUT2D eigenvalue weighted by atomic mass is 32.2. The van der Waals surface area contributed by atoms with Crippen LogP contribution in [0.25, 0.3) is 0 Å². The number of rotatable bonds is 4. The van der Waals surface area contributed by atoms with Crippen molar-refractivity contribution < 1.29 is 13.2 Å². The Morgan fingerprint density at radius 2 is 2.15 bits per heavy atom. The summed E-state index contributed by atoms with van der Waals surface area (Å²) in [5.74, 6) is 0.612. The van der Waals surface area contributed by atoms with Crippen LogP contribution in [0.3, 0.4) is 0 Å². The second-order valence-corrected chi connectivity index (χ2v) is 7.33. The molecule has 0 bridgehead atoms. The molecule has 1 fully saturated rings. The molecule has 2 N–H and O–H groups in total. The second kappa shape index (κ2) is 5.71. The monoisotopic (exact) mass is 298 g/mol. The van der Waals surface area contributed by atoms with Crippen LogP contribution in [0.5, 0.6) is 5.75 Å². The fourth-order valence-electron chi connectivity index (χ4n) is 2.53. The SMILES string of the molecule is COc1ccc(C)cc1S(=O)(=O)N1CCC(C(C)N)C1. The number of hydrogen-bond acceptors (Lipinski definition) is 4. The zero-order valence-corrected chi connectivity index (χ0v) is 13.0. The highest BCUT2D eigenvalue weighted by molar-refractivity contribution is 7.89. The van der Waals surface area contributed by atoms with Gasteiger partial charge in [-0.2, -0.15) is 4.31 Å². The molecule has 0 spiro atoms. The van der Waals surface area contributed by atoms with Gasteiger partial charge in [-0.25, -0.2) is 8.42 Å². The van der Waals surface area contributed by atoms with Gasteiger partial charge in [0, 0.05) is 19.1 Å². The molecular weight excluding hydrogens is 276 g/mol. The van der Waals surface area contributed by atoms with E-state index in [1.807, 2.05) is 19.9 Å². The lowest BCUT2D eigenvalue weighted by Gasteiger charge is -2.19. The van der Waals surface area contributed by atoms with Crippen molar-refractivity contribution in [3.63, 3.8) is 0 Å². The number of sulfonamides is 1. The quantitative estimate of drug-likeness (QED) is 0.911. The van der Waals surface area contributed by atoms with Crippen LogP contribution in [-0.2, 0) is 10.0 Å². The molecule has 1 aromatic rings. The average molecular weight is 298 g/mol. The van der Waals surface area contributed by atoms with Crippen molar-refractivity contribution >= 4 is 10.0 Å². The Morgan fingerprint density at radius 3 is 2.70 bits per heavy atom. The Labute approximate surface area is 120 Å². The third-order valence-corrected chi connectivity index (χ3v) is 5.75. The summed E-state index contributed by atoms with van der Waals surface area (Å²) in [6.45, 7) is 4.80. The summed E-state index contributed by atoms with van der Waals surface area (Å²) in [6, 6.07) is 5.20. The van der Waals surface area contributed by atoms with Crippen LogP contribution < -0.4 is 10.5 Å². The molecule has 0 radical (unpaired) electrons. The van der Waals surface area contributed by atoms with E-state index < -0.39 is 10.0 Å². The van der Waals surface area contributed by atoms with Gasteiger partial charge in [-0.1, -0.05) is 6.07 Å². The molecule has 0 amide bonds. The minimum atomic E-state index is -3.52. The van der Waals surface area contributed by atoms with E-state index in [0.717, 1.165) is 12.0 Å². The van der Waals surface area contributed by atoms with Gasteiger partial charge in [-0.3, -0.25) is 0 Å². The zero-order chi connectivity index (χ0) is 14.9. The van der Waals surface area contributed by atoms with Crippen LogP contribution in [0.2, 0.25) is 0 Å². The van der Waals surface area contributed by atoms with Gasteiger partial charge in [0.05, 0.1) is 7.11 Å². The third-order valence-electron chi connectivity index (χ3n) is 3.87. The van der Waals surface area contributed by atoms with E-state index in [1.165, 1.54) is 11.4 Å². The first-order valence-corrected chi connectivity index (χ1v) is 8.20. The molecular formula is C14H22N2O3S. The Bertz CT molecular complexity index is 584. The van der Waals surface area contributed by atoms with Crippen molar-refractivity contribution in [3.8, 4) is 5.75 Å². The number of nitrogens with two attached hydrogens (primary N) is 1. The molecule has 1 aromatic carbocycles. The minimum Gasteiger partial charge on any atom is -0.495 e. The van der Waals surface area contributed by atoms with Crippen molar-refractivity contribution in [2.75, 3.05) is 20.2 Å². The molecule has 0 aromatic heterocycles. The van der Waals surface area contributed by atoms with Gasteiger partial charge in [0.25, 0.3) is 0 Å². The number of methoxy groups -OCH3 is 1. The van der Waals surface area contributed by atoms with Crippen molar-refractivity contribution in [2.45, 2.75) is 31.2 Å². The van der Waals surface area contributed by atoms with Crippen LogP contribution in [0.4, 0.5) is 0 Å². The molecule has 6 heteroatoms. The molecule has 1 aliphatic rings. The van der Waals surface area contributed by atoms with Crippen molar-refractivity contribution in [1.82, 2.24) is 4.31 Å². The van der Waals surface area contributed by atoms with Crippen LogP contribution in [0.15, 0.2) is 23.1 Å². The first-order valence-electron chi connectivity index (χ1n) is 6.76. The maximum Gasteiger partial charge on any atom is 0.246 e. The first-order chi connectivity index (χ1) is 9.36. The molecule has 20 heavy (non-hydrogen) atoms. The summed E-state index contributed by atoms with van der Waals surface area (Å²) in [7, 11) is -2.03. The van der Waals surface area contributed by atoms with Gasteiger partial charge in [0.1, 0.15) is 10.6 Å². The molecule has 0 aliphatic carbocycles. The average Bonchev–Trinajstić information content (AvgIpc) is 2.89. The van der Waals surface area contributed by atoms with E-state index in [-0.39, 0.29) is 16.9 Å². The number of aryl methyl sites for hydroxylation is 1. The van der Waals surface area contributed by atoms with Gasteiger partial charge < -0.3 is 10.5 Å². The Morgan fingerprint density at radius 1 is 1.45 bits per heavy atom. The number of hydrogen-bond donors (Lipinski definition) is 1. The summed E-state index contributed by atoms with van der Waals surface area (Å²) in [6.07, 6.45) is 0.811. The van der Waals surface area contributed by atoms with Crippen molar-refractivity contribution in [2.24, 2.45) is 11.7 Å². The topological polar surface area (TPSA) is 72.6 Å². The molecule has 5 nitrogen and oxygen atoms in total.